The molecule has 24 heavy (non-hydrogen) atoms. The normalized spacial score (nSPS) is 13.5. The minimum atomic E-state index is -4.20. The van der Waals surface area contributed by atoms with E-state index >= 15 is 0 Å². The van der Waals surface area contributed by atoms with Crippen LogP contribution in [0.4, 0.5) is 13.2 Å². The summed E-state index contributed by atoms with van der Waals surface area (Å²) in [6.45, 7) is 0. The lowest BCUT2D eigenvalue weighted by Crippen LogP contribution is -2.33. The summed E-state index contributed by atoms with van der Waals surface area (Å²) in [5.74, 6) is -0.591. The van der Waals surface area contributed by atoms with Crippen LogP contribution in [-0.4, -0.2) is 19.8 Å². The molecule has 3 rings (SSSR count). The second-order valence-electron chi connectivity index (χ2n) is 5.18. The average molecular weight is 354 g/mol. The van der Waals surface area contributed by atoms with Gasteiger partial charge in [0.2, 0.25) is 10.0 Å². The van der Waals surface area contributed by atoms with Crippen LogP contribution in [0, 0.1) is 5.82 Å². The Morgan fingerprint density at radius 2 is 1.67 bits per heavy atom. The SMILES string of the molecule is O=S(=O)(N[C@@H](c1ccc(F)cc1)C(F)F)c1c[nH]c2ccccc12. The third-order valence-corrected chi connectivity index (χ3v) is 5.09. The number of hydrogen-bond acceptors (Lipinski definition) is 2. The van der Waals surface area contributed by atoms with Gasteiger partial charge >= 0.3 is 0 Å². The smallest absolute Gasteiger partial charge is 0.258 e. The van der Waals surface area contributed by atoms with Gasteiger partial charge in [-0.15, -0.1) is 0 Å². The lowest BCUT2D eigenvalue weighted by Gasteiger charge is -2.18. The van der Waals surface area contributed by atoms with E-state index in [0.29, 0.717) is 10.9 Å². The first-order chi connectivity index (χ1) is 11.4. The van der Waals surface area contributed by atoms with Crippen molar-refractivity contribution in [2.75, 3.05) is 0 Å². The summed E-state index contributed by atoms with van der Waals surface area (Å²) in [5.41, 5.74) is 0.558. The highest BCUT2D eigenvalue weighted by Gasteiger charge is 2.30. The van der Waals surface area contributed by atoms with Crippen molar-refractivity contribution in [3.05, 3.63) is 66.1 Å². The van der Waals surface area contributed by atoms with Gasteiger partial charge in [-0.3, -0.25) is 0 Å². The number of nitrogens with one attached hydrogen (secondary N) is 2. The number of aromatic nitrogens is 1. The number of para-hydroxylation sites is 1. The van der Waals surface area contributed by atoms with E-state index in [4.69, 9.17) is 0 Å². The number of hydrogen-bond donors (Lipinski definition) is 2. The maximum absolute atomic E-state index is 13.3. The molecule has 8 heteroatoms. The van der Waals surface area contributed by atoms with Gasteiger partial charge in [-0.05, 0) is 23.8 Å². The molecule has 1 heterocycles. The molecule has 0 aliphatic heterocycles. The molecular weight excluding hydrogens is 341 g/mol. The Kier molecular flexibility index (Phi) is 4.33. The van der Waals surface area contributed by atoms with E-state index in [2.05, 4.69) is 4.98 Å². The molecule has 0 fully saturated rings. The first-order valence-electron chi connectivity index (χ1n) is 7.00. The molecule has 1 aromatic heterocycles. The second-order valence-corrected chi connectivity index (χ2v) is 6.87. The molecule has 1 atom stereocenters. The van der Waals surface area contributed by atoms with Crippen LogP contribution in [0.2, 0.25) is 0 Å². The van der Waals surface area contributed by atoms with Crippen molar-refractivity contribution in [1.82, 2.24) is 9.71 Å². The van der Waals surface area contributed by atoms with Gasteiger partial charge in [-0.2, -0.15) is 4.72 Å². The van der Waals surface area contributed by atoms with Crippen LogP contribution in [0.5, 0.6) is 0 Å². The maximum Gasteiger partial charge on any atom is 0.258 e. The lowest BCUT2D eigenvalue weighted by atomic mass is 10.1. The summed E-state index contributed by atoms with van der Waals surface area (Å²) >= 11 is 0. The van der Waals surface area contributed by atoms with Crippen LogP contribution >= 0.6 is 0 Å². The third kappa shape index (κ3) is 3.15. The minimum absolute atomic E-state index is 0.0187. The molecule has 0 spiro atoms. The van der Waals surface area contributed by atoms with Crippen molar-refractivity contribution in [3.8, 4) is 0 Å². The van der Waals surface area contributed by atoms with Gasteiger partial charge in [0.1, 0.15) is 16.8 Å². The van der Waals surface area contributed by atoms with Gasteiger partial charge in [-0.1, -0.05) is 30.3 Å². The van der Waals surface area contributed by atoms with Crippen molar-refractivity contribution < 1.29 is 21.6 Å². The average Bonchev–Trinajstić information content (AvgIpc) is 2.98. The monoisotopic (exact) mass is 354 g/mol. The molecule has 0 aliphatic carbocycles. The van der Waals surface area contributed by atoms with Crippen LogP contribution in [0.25, 0.3) is 10.9 Å². The zero-order valence-corrected chi connectivity index (χ0v) is 13.0. The largest absolute Gasteiger partial charge is 0.360 e. The highest BCUT2D eigenvalue weighted by atomic mass is 32.2. The summed E-state index contributed by atoms with van der Waals surface area (Å²) in [5, 5.41) is 0.400. The van der Waals surface area contributed by atoms with Crippen LogP contribution < -0.4 is 4.72 Å². The van der Waals surface area contributed by atoms with Gasteiger partial charge in [0, 0.05) is 17.1 Å². The predicted molar refractivity (Wildman–Crippen MR) is 83.8 cm³/mol. The molecule has 2 aromatic carbocycles. The standard InChI is InChI=1S/C16H13F3N2O2S/c17-11-7-5-10(6-8-11)15(16(18)19)21-24(22,23)14-9-20-13-4-2-1-3-12(13)14/h1-9,15-16,20-21H/t15-/m0/s1. The predicted octanol–water partition coefficient (Wildman–Crippen LogP) is 3.59. The van der Waals surface area contributed by atoms with E-state index < -0.39 is 28.3 Å². The first kappa shape index (κ1) is 16.5. The Hall–Kier alpha value is -2.32. The topological polar surface area (TPSA) is 62.0 Å². The molecule has 0 unspecified atom stereocenters. The van der Waals surface area contributed by atoms with Crippen molar-refractivity contribution in [3.63, 3.8) is 0 Å². The number of benzene rings is 2. The van der Waals surface area contributed by atoms with E-state index in [1.165, 1.54) is 6.20 Å². The van der Waals surface area contributed by atoms with Crippen LogP contribution in [0.15, 0.2) is 59.6 Å². The first-order valence-corrected chi connectivity index (χ1v) is 8.49. The number of halogens is 3. The van der Waals surface area contributed by atoms with Gasteiger partial charge in [0.05, 0.1) is 0 Å². The fraction of sp³-hybridized carbons (Fsp3) is 0.125. The molecule has 0 aliphatic rings. The second kappa shape index (κ2) is 6.29. The fourth-order valence-electron chi connectivity index (χ4n) is 2.43. The summed E-state index contributed by atoms with van der Waals surface area (Å²) in [7, 11) is -4.20. The zero-order valence-electron chi connectivity index (χ0n) is 12.2. The Morgan fingerprint density at radius 3 is 2.33 bits per heavy atom. The number of aromatic amines is 1. The molecule has 0 amide bonds. The van der Waals surface area contributed by atoms with E-state index in [9.17, 15) is 21.6 Å². The highest BCUT2D eigenvalue weighted by Crippen LogP contribution is 2.27. The number of rotatable bonds is 5. The molecule has 0 bridgehead atoms. The number of sulfonamides is 1. The fourth-order valence-corrected chi connectivity index (χ4v) is 3.81. The molecule has 0 saturated carbocycles. The third-order valence-electron chi connectivity index (χ3n) is 3.60. The number of alkyl halides is 2. The Morgan fingerprint density at radius 1 is 1.00 bits per heavy atom. The van der Waals surface area contributed by atoms with E-state index in [0.717, 1.165) is 24.3 Å². The molecular formula is C16H13F3N2O2S. The zero-order chi connectivity index (χ0) is 17.3. The molecule has 0 radical (unpaired) electrons. The van der Waals surface area contributed by atoms with E-state index in [-0.39, 0.29) is 10.5 Å². The number of fused-ring (bicyclic) bond motifs is 1. The Balaban J connectivity index is 1.98. The van der Waals surface area contributed by atoms with Crippen LogP contribution in [0.3, 0.4) is 0 Å². The van der Waals surface area contributed by atoms with Gasteiger partial charge in [0.15, 0.2) is 0 Å². The summed E-state index contributed by atoms with van der Waals surface area (Å²) in [6.07, 6.45) is -1.74. The van der Waals surface area contributed by atoms with E-state index in [1.807, 2.05) is 4.72 Å². The Labute approximate surface area is 136 Å². The van der Waals surface area contributed by atoms with Crippen molar-refractivity contribution in [1.29, 1.82) is 0 Å². The van der Waals surface area contributed by atoms with Gasteiger partial charge in [0.25, 0.3) is 6.43 Å². The summed E-state index contributed by atoms with van der Waals surface area (Å²) in [6, 6.07) is 9.13. The highest BCUT2D eigenvalue weighted by molar-refractivity contribution is 7.89. The van der Waals surface area contributed by atoms with Crippen molar-refractivity contribution in [2.45, 2.75) is 17.4 Å². The number of H-pyrrole nitrogens is 1. The molecule has 0 saturated heterocycles. The molecule has 4 nitrogen and oxygen atoms in total. The van der Waals surface area contributed by atoms with Crippen molar-refractivity contribution >= 4 is 20.9 Å². The molecule has 126 valence electrons. The van der Waals surface area contributed by atoms with Crippen LogP contribution in [0.1, 0.15) is 11.6 Å². The quantitative estimate of drug-likeness (QED) is 0.735. The maximum atomic E-state index is 13.3. The van der Waals surface area contributed by atoms with Gasteiger partial charge in [-0.25, -0.2) is 21.6 Å². The summed E-state index contributed by atoms with van der Waals surface area (Å²) in [4.78, 5) is 2.67. The molecule has 2 N–H and O–H groups in total. The van der Waals surface area contributed by atoms with Crippen molar-refractivity contribution in [2.24, 2.45) is 0 Å². The molecule has 3 aromatic rings. The lowest BCUT2D eigenvalue weighted by molar-refractivity contribution is 0.109. The van der Waals surface area contributed by atoms with Crippen LogP contribution in [-0.2, 0) is 10.0 Å². The summed E-state index contributed by atoms with van der Waals surface area (Å²) < 4.78 is 66.7. The van der Waals surface area contributed by atoms with Gasteiger partial charge < -0.3 is 4.98 Å². The minimum Gasteiger partial charge on any atom is -0.360 e. The van der Waals surface area contributed by atoms with E-state index in [1.54, 1.807) is 24.3 Å². The Bertz CT molecular complexity index is 953.